The first-order valence-electron chi connectivity index (χ1n) is 9.38. The molecule has 0 amide bonds. The summed E-state index contributed by atoms with van der Waals surface area (Å²) in [5.41, 5.74) is 3.40. The van der Waals surface area contributed by atoms with Gasteiger partial charge in [0.1, 0.15) is 0 Å². The maximum Gasteiger partial charge on any atom is 0.185 e. The number of thiophene rings is 1. The van der Waals surface area contributed by atoms with Gasteiger partial charge >= 0.3 is 0 Å². The minimum absolute atomic E-state index is 0.206. The monoisotopic (exact) mass is 426 g/mol. The second-order valence-corrected chi connectivity index (χ2v) is 9.01. The Morgan fingerprint density at radius 3 is 2.31 bits per heavy atom. The molecular weight excluding hydrogens is 400 g/mol. The van der Waals surface area contributed by atoms with Crippen LogP contribution in [0.15, 0.2) is 60.8 Å². The fourth-order valence-corrected chi connectivity index (χ4v) is 3.89. The molecule has 0 unspecified atom stereocenters. The number of rotatable bonds is 7. The van der Waals surface area contributed by atoms with E-state index < -0.39 is 0 Å². The molecule has 0 fully saturated rings. The molecule has 4 nitrogen and oxygen atoms in total. The molecule has 3 rings (SSSR count). The average Bonchev–Trinajstić information content (AvgIpc) is 3.19. The minimum atomic E-state index is 0.206. The van der Waals surface area contributed by atoms with Gasteiger partial charge in [-0.25, -0.2) is 0 Å². The summed E-state index contributed by atoms with van der Waals surface area (Å²) in [4.78, 5) is 29.3. The van der Waals surface area contributed by atoms with Gasteiger partial charge < -0.3 is 0 Å². The Morgan fingerprint density at radius 2 is 1.79 bits per heavy atom. The van der Waals surface area contributed by atoms with Crippen molar-refractivity contribution in [1.82, 2.24) is 9.88 Å². The lowest BCUT2D eigenvalue weighted by Gasteiger charge is -2.16. The highest BCUT2D eigenvalue weighted by molar-refractivity contribution is 8.13. The largest absolute Gasteiger partial charge is 0.298 e. The molecule has 0 spiro atoms. The smallest absolute Gasteiger partial charge is 0.185 e. The van der Waals surface area contributed by atoms with Crippen molar-refractivity contribution >= 4 is 34.5 Å². The lowest BCUT2D eigenvalue weighted by atomic mass is 10.2. The molecule has 0 saturated carbocycles. The topological polar surface area (TPSA) is 50.3 Å². The van der Waals surface area contributed by atoms with Gasteiger partial charge in [-0.3, -0.25) is 19.5 Å². The Hall–Kier alpha value is -2.28. The van der Waals surface area contributed by atoms with Gasteiger partial charge in [0.2, 0.25) is 0 Å². The van der Waals surface area contributed by atoms with Crippen molar-refractivity contribution in [3.8, 4) is 10.6 Å². The van der Waals surface area contributed by atoms with Crippen LogP contribution in [0.2, 0.25) is 0 Å². The summed E-state index contributed by atoms with van der Waals surface area (Å²) in [5.74, 6) is 0.898. The first kappa shape index (κ1) is 23.0. The molecule has 0 saturated heterocycles. The van der Waals surface area contributed by atoms with Crippen LogP contribution in [0.1, 0.15) is 34.6 Å². The third-order valence-corrected chi connectivity index (χ3v) is 5.64. The fourth-order valence-electron chi connectivity index (χ4n) is 2.68. The molecule has 29 heavy (non-hydrogen) atoms. The number of nitrogens with zero attached hydrogens (tertiary/aromatic N) is 2. The summed E-state index contributed by atoms with van der Waals surface area (Å²) >= 11 is 2.81. The molecule has 0 aliphatic rings. The molecular formula is C23H26N2O2S2. The maximum atomic E-state index is 10.8. The predicted molar refractivity (Wildman–Crippen MR) is 123 cm³/mol. The van der Waals surface area contributed by atoms with Crippen molar-refractivity contribution in [2.24, 2.45) is 0 Å². The number of carbonyl (C=O) groups excluding carboxylic acids is 2. The SMILES string of the molecule is CCSC(C)=O.CN(Cc1ccccc1)Cc1ccc(-c2ccc(C=O)s2)nc1. The van der Waals surface area contributed by atoms with Gasteiger partial charge in [0.15, 0.2) is 11.4 Å². The second kappa shape index (κ2) is 12.3. The molecule has 6 heteroatoms. The van der Waals surface area contributed by atoms with E-state index in [-0.39, 0.29) is 5.12 Å². The fraction of sp³-hybridized carbons (Fsp3) is 0.261. The Balaban J connectivity index is 0.000000438. The number of benzene rings is 1. The van der Waals surface area contributed by atoms with Crippen LogP contribution in [0.25, 0.3) is 10.6 Å². The van der Waals surface area contributed by atoms with E-state index in [1.165, 1.54) is 34.2 Å². The van der Waals surface area contributed by atoms with Crippen LogP contribution in [-0.2, 0) is 17.9 Å². The number of hydrogen-bond acceptors (Lipinski definition) is 6. The van der Waals surface area contributed by atoms with Crippen LogP contribution in [-0.4, -0.2) is 34.1 Å². The molecule has 152 valence electrons. The standard InChI is InChI=1S/C19H18N2OS.C4H8OS/c1-21(12-15-5-3-2-4-6-15)13-16-7-9-18(20-11-16)19-10-8-17(14-22)23-19;1-3-6-4(2)5/h2-11,14H,12-13H2,1H3;3H2,1-2H3. The van der Waals surface area contributed by atoms with E-state index in [0.29, 0.717) is 0 Å². The van der Waals surface area contributed by atoms with Crippen molar-refractivity contribution < 1.29 is 9.59 Å². The van der Waals surface area contributed by atoms with Gasteiger partial charge in [-0.05, 0) is 42.1 Å². The number of carbonyl (C=O) groups is 2. The highest BCUT2D eigenvalue weighted by Crippen LogP contribution is 2.25. The van der Waals surface area contributed by atoms with Gasteiger partial charge in [0.05, 0.1) is 15.4 Å². The molecule has 2 heterocycles. The molecule has 0 aliphatic carbocycles. The zero-order chi connectivity index (χ0) is 21.1. The van der Waals surface area contributed by atoms with Crippen molar-refractivity contribution in [2.75, 3.05) is 12.8 Å². The summed E-state index contributed by atoms with van der Waals surface area (Å²) in [6.45, 7) is 5.31. The summed E-state index contributed by atoms with van der Waals surface area (Å²) in [7, 11) is 2.11. The molecule has 0 N–H and O–H groups in total. The van der Waals surface area contributed by atoms with Gasteiger partial charge in [-0.2, -0.15) is 0 Å². The number of pyridine rings is 1. The van der Waals surface area contributed by atoms with E-state index in [9.17, 15) is 9.59 Å². The normalized spacial score (nSPS) is 10.3. The molecule has 3 aromatic rings. The summed E-state index contributed by atoms with van der Waals surface area (Å²) in [5, 5.41) is 0.206. The van der Waals surface area contributed by atoms with Crippen LogP contribution in [0.3, 0.4) is 0 Å². The molecule has 1 aromatic carbocycles. The maximum absolute atomic E-state index is 10.8. The van der Waals surface area contributed by atoms with Crippen molar-refractivity contribution in [3.05, 3.63) is 76.8 Å². The third-order valence-electron chi connectivity index (χ3n) is 3.92. The van der Waals surface area contributed by atoms with Crippen LogP contribution in [0.5, 0.6) is 0 Å². The zero-order valence-electron chi connectivity index (χ0n) is 17.0. The van der Waals surface area contributed by atoms with Crippen molar-refractivity contribution in [3.63, 3.8) is 0 Å². The summed E-state index contributed by atoms with van der Waals surface area (Å²) in [6, 6.07) is 18.3. The molecule has 0 aliphatic heterocycles. The van der Waals surface area contributed by atoms with E-state index in [1.54, 1.807) is 6.92 Å². The Labute approximate surface area is 181 Å². The molecule has 2 aromatic heterocycles. The van der Waals surface area contributed by atoms with E-state index in [1.807, 2.05) is 37.4 Å². The first-order chi connectivity index (χ1) is 14.0. The number of aldehydes is 1. The van der Waals surface area contributed by atoms with E-state index in [0.717, 1.165) is 40.6 Å². The highest BCUT2D eigenvalue weighted by atomic mass is 32.2. The molecule has 0 atom stereocenters. The molecule has 0 bridgehead atoms. The number of aromatic nitrogens is 1. The Morgan fingerprint density at radius 1 is 1.07 bits per heavy atom. The van der Waals surface area contributed by atoms with Crippen LogP contribution < -0.4 is 0 Å². The van der Waals surface area contributed by atoms with Crippen molar-refractivity contribution in [1.29, 1.82) is 0 Å². The van der Waals surface area contributed by atoms with Crippen LogP contribution >= 0.6 is 23.1 Å². The van der Waals surface area contributed by atoms with Gasteiger partial charge in [-0.1, -0.05) is 55.1 Å². The van der Waals surface area contributed by atoms with Crippen LogP contribution in [0.4, 0.5) is 0 Å². The van der Waals surface area contributed by atoms with Crippen molar-refractivity contribution in [2.45, 2.75) is 26.9 Å². The Kier molecular flexibility index (Phi) is 9.77. The predicted octanol–water partition coefficient (Wildman–Crippen LogP) is 5.54. The quantitative estimate of drug-likeness (QED) is 0.464. The van der Waals surface area contributed by atoms with Crippen LogP contribution in [0, 0.1) is 0 Å². The third kappa shape index (κ3) is 8.31. The second-order valence-electron chi connectivity index (χ2n) is 6.45. The van der Waals surface area contributed by atoms with E-state index in [4.69, 9.17) is 0 Å². The lowest BCUT2D eigenvalue weighted by Crippen LogP contribution is -2.17. The average molecular weight is 427 g/mol. The Bertz CT molecular complexity index is 893. The number of thioether (sulfide) groups is 1. The number of hydrogen-bond donors (Lipinski definition) is 0. The first-order valence-corrected chi connectivity index (χ1v) is 11.2. The zero-order valence-corrected chi connectivity index (χ0v) is 18.6. The summed E-state index contributed by atoms with van der Waals surface area (Å²) < 4.78 is 0. The summed E-state index contributed by atoms with van der Waals surface area (Å²) in [6.07, 6.45) is 2.79. The van der Waals surface area contributed by atoms with E-state index in [2.05, 4.69) is 47.3 Å². The van der Waals surface area contributed by atoms with Gasteiger partial charge in [0, 0.05) is 26.2 Å². The van der Waals surface area contributed by atoms with Gasteiger partial charge in [-0.15, -0.1) is 11.3 Å². The van der Waals surface area contributed by atoms with Gasteiger partial charge in [0.25, 0.3) is 0 Å². The molecule has 0 radical (unpaired) electrons. The lowest BCUT2D eigenvalue weighted by molar-refractivity contribution is -0.109. The minimum Gasteiger partial charge on any atom is -0.298 e. The van der Waals surface area contributed by atoms with E-state index >= 15 is 0 Å². The highest BCUT2D eigenvalue weighted by Gasteiger charge is 2.06.